The van der Waals surface area contributed by atoms with Gasteiger partial charge in [-0.1, -0.05) is 176 Å². The van der Waals surface area contributed by atoms with E-state index >= 15 is 0 Å². The molecule has 0 aliphatic heterocycles. The van der Waals surface area contributed by atoms with Gasteiger partial charge in [0.25, 0.3) is 0 Å². The Hall–Kier alpha value is -7.52. The minimum Gasteiger partial charge on any atom is -0.310 e. The van der Waals surface area contributed by atoms with Gasteiger partial charge in [0.05, 0.1) is 5.69 Å². The number of hydrogen-bond donors (Lipinski definition) is 0. The van der Waals surface area contributed by atoms with Crippen LogP contribution in [0.3, 0.4) is 0 Å². The molecule has 12 rings (SSSR count). The van der Waals surface area contributed by atoms with Crippen molar-refractivity contribution in [1.82, 2.24) is 0 Å². The monoisotopic (exact) mass is 779 g/mol. The van der Waals surface area contributed by atoms with Crippen molar-refractivity contribution in [3.8, 4) is 33.4 Å². The molecule has 280 valence electrons. The minimum atomic E-state index is 1.10. The Bertz CT molecular complexity index is 3600. The zero-order chi connectivity index (χ0) is 39.6. The molecule has 0 fully saturated rings. The average molecular weight is 780 g/mol. The van der Waals surface area contributed by atoms with Gasteiger partial charge in [-0.15, -0.1) is 11.3 Å². The number of hydrogen-bond acceptors (Lipinski definition) is 2. The topological polar surface area (TPSA) is 3.24 Å². The van der Waals surface area contributed by atoms with Crippen LogP contribution in [0.2, 0.25) is 0 Å². The molecule has 0 N–H and O–H groups in total. The molecule has 0 amide bonds. The molecule has 0 bridgehead atoms. The first kappa shape index (κ1) is 34.5. The first-order chi connectivity index (χ1) is 29.8. The lowest BCUT2D eigenvalue weighted by atomic mass is 9.87. The average Bonchev–Trinajstić information content (AvgIpc) is 3.71. The third-order valence-corrected chi connectivity index (χ3v) is 13.4. The van der Waals surface area contributed by atoms with Crippen LogP contribution in [0.4, 0.5) is 17.1 Å². The Labute approximate surface area is 352 Å². The number of anilines is 3. The second kappa shape index (κ2) is 14.1. The zero-order valence-corrected chi connectivity index (χ0v) is 33.5. The second-order valence-corrected chi connectivity index (χ2v) is 16.7. The van der Waals surface area contributed by atoms with Crippen molar-refractivity contribution in [3.05, 3.63) is 224 Å². The van der Waals surface area contributed by atoms with Gasteiger partial charge in [-0.3, -0.25) is 0 Å². The van der Waals surface area contributed by atoms with E-state index in [0.717, 1.165) is 17.1 Å². The number of benzene rings is 11. The summed E-state index contributed by atoms with van der Waals surface area (Å²) in [5.74, 6) is 0. The smallest absolute Gasteiger partial charge is 0.0540 e. The minimum absolute atomic E-state index is 1.10. The molecule has 0 radical (unpaired) electrons. The Balaban J connectivity index is 1.13. The molecule has 0 spiro atoms. The molecule has 0 saturated carbocycles. The van der Waals surface area contributed by atoms with Gasteiger partial charge in [-0.2, -0.15) is 0 Å². The van der Waals surface area contributed by atoms with Crippen LogP contribution >= 0.6 is 11.3 Å². The Morgan fingerprint density at radius 2 is 0.850 bits per heavy atom. The predicted octanol–water partition coefficient (Wildman–Crippen LogP) is 17.1. The molecule has 0 atom stereocenters. The highest BCUT2D eigenvalue weighted by Crippen LogP contribution is 2.48. The molecule has 0 aliphatic carbocycles. The number of rotatable bonds is 6. The molecule has 1 aromatic heterocycles. The molecular weight excluding hydrogens is 743 g/mol. The maximum atomic E-state index is 2.45. The van der Waals surface area contributed by atoms with Gasteiger partial charge in [-0.05, 0) is 120 Å². The van der Waals surface area contributed by atoms with Crippen LogP contribution in [-0.4, -0.2) is 0 Å². The van der Waals surface area contributed by atoms with Crippen LogP contribution in [-0.2, 0) is 0 Å². The molecule has 2 heteroatoms. The summed E-state index contributed by atoms with van der Waals surface area (Å²) in [5.41, 5.74) is 10.7. The van der Waals surface area contributed by atoms with E-state index in [0.29, 0.717) is 0 Å². The number of nitrogens with zero attached hydrogens (tertiary/aromatic N) is 1. The van der Waals surface area contributed by atoms with Crippen molar-refractivity contribution in [2.45, 2.75) is 0 Å². The van der Waals surface area contributed by atoms with Crippen molar-refractivity contribution in [1.29, 1.82) is 0 Å². The highest BCUT2D eigenvalue weighted by atomic mass is 32.1. The molecule has 12 aromatic rings. The van der Waals surface area contributed by atoms with Crippen LogP contribution in [0.25, 0.3) is 96.6 Å². The summed E-state index contributed by atoms with van der Waals surface area (Å²) < 4.78 is 2.60. The van der Waals surface area contributed by atoms with Gasteiger partial charge in [0.15, 0.2) is 0 Å². The van der Waals surface area contributed by atoms with E-state index in [2.05, 4.69) is 229 Å². The van der Waals surface area contributed by atoms with Gasteiger partial charge < -0.3 is 4.90 Å². The van der Waals surface area contributed by atoms with Crippen LogP contribution < -0.4 is 4.90 Å². The Morgan fingerprint density at radius 3 is 1.67 bits per heavy atom. The molecule has 0 aliphatic rings. The maximum absolute atomic E-state index is 2.45. The second-order valence-electron chi connectivity index (χ2n) is 15.6. The number of thiophene rings is 1. The normalized spacial score (nSPS) is 11.7. The predicted molar refractivity (Wildman–Crippen MR) is 260 cm³/mol. The quantitative estimate of drug-likeness (QED) is 0.152. The largest absolute Gasteiger partial charge is 0.310 e. The third-order valence-electron chi connectivity index (χ3n) is 12.2. The van der Waals surface area contributed by atoms with Crippen molar-refractivity contribution in [2.24, 2.45) is 0 Å². The van der Waals surface area contributed by atoms with Gasteiger partial charge in [0.1, 0.15) is 0 Å². The van der Waals surface area contributed by atoms with Gasteiger partial charge >= 0.3 is 0 Å². The SMILES string of the molecule is c1ccc2c(-c3ccc(N(c4ccc(-c5cc6ccccc6c6ccccc56)c(-c5cccc6sc7ccccc7c56)c4)c4cccc5ccccc45)cc3)cccc2c1. The summed E-state index contributed by atoms with van der Waals surface area (Å²) in [6.07, 6.45) is 0. The van der Waals surface area contributed by atoms with Crippen molar-refractivity contribution in [2.75, 3.05) is 4.90 Å². The summed E-state index contributed by atoms with van der Waals surface area (Å²) in [5, 5.41) is 12.6. The fourth-order valence-electron chi connectivity index (χ4n) is 9.50. The van der Waals surface area contributed by atoms with Gasteiger partial charge in [0.2, 0.25) is 0 Å². The summed E-state index contributed by atoms with van der Waals surface area (Å²) in [6.45, 7) is 0. The molecule has 1 heterocycles. The summed E-state index contributed by atoms with van der Waals surface area (Å²) >= 11 is 1.87. The third kappa shape index (κ3) is 5.61. The fraction of sp³-hybridized carbons (Fsp3) is 0. The van der Waals surface area contributed by atoms with Gasteiger partial charge in [0, 0.05) is 36.9 Å². The summed E-state index contributed by atoms with van der Waals surface area (Å²) in [4.78, 5) is 2.45. The highest BCUT2D eigenvalue weighted by molar-refractivity contribution is 7.25. The molecule has 1 nitrogen and oxygen atoms in total. The Kier molecular flexibility index (Phi) is 8.11. The standard InChI is InChI=1S/C58H37NS/c1-4-19-44-38(14-1)17-11-25-45(44)40-30-32-42(33-31-40)59(55-27-12-18-39-15-2-6-21-47(39)55)43-34-35-50(53-36-41-16-3-5-20-46(41)48-22-7-8-23-49(48)53)54(37-43)51-26-13-29-57-58(51)52-24-9-10-28-56(52)60-57/h1-37H. The van der Waals surface area contributed by atoms with E-state index in [1.165, 1.54) is 96.6 Å². The van der Waals surface area contributed by atoms with Crippen molar-refractivity contribution >= 4 is 91.7 Å². The van der Waals surface area contributed by atoms with Crippen LogP contribution in [0, 0.1) is 0 Å². The lowest BCUT2D eigenvalue weighted by Crippen LogP contribution is -2.11. The van der Waals surface area contributed by atoms with Gasteiger partial charge in [-0.25, -0.2) is 0 Å². The van der Waals surface area contributed by atoms with E-state index in [9.17, 15) is 0 Å². The molecular formula is C58H37NS. The first-order valence-corrected chi connectivity index (χ1v) is 21.4. The van der Waals surface area contributed by atoms with Crippen LogP contribution in [0.15, 0.2) is 224 Å². The lowest BCUT2D eigenvalue weighted by molar-refractivity contribution is 1.30. The maximum Gasteiger partial charge on any atom is 0.0540 e. The first-order valence-electron chi connectivity index (χ1n) is 20.6. The molecule has 60 heavy (non-hydrogen) atoms. The fourth-order valence-corrected chi connectivity index (χ4v) is 10.6. The highest BCUT2D eigenvalue weighted by Gasteiger charge is 2.22. The molecule has 11 aromatic carbocycles. The molecule has 0 unspecified atom stereocenters. The van der Waals surface area contributed by atoms with Crippen LogP contribution in [0.5, 0.6) is 0 Å². The lowest BCUT2D eigenvalue weighted by Gasteiger charge is -2.28. The van der Waals surface area contributed by atoms with E-state index < -0.39 is 0 Å². The zero-order valence-electron chi connectivity index (χ0n) is 32.7. The Morgan fingerprint density at radius 1 is 0.283 bits per heavy atom. The van der Waals surface area contributed by atoms with E-state index in [-0.39, 0.29) is 0 Å². The van der Waals surface area contributed by atoms with E-state index in [4.69, 9.17) is 0 Å². The molecule has 0 saturated heterocycles. The number of fused-ring (bicyclic) bond motifs is 8. The summed E-state index contributed by atoms with van der Waals surface area (Å²) in [7, 11) is 0. The van der Waals surface area contributed by atoms with Crippen molar-refractivity contribution in [3.63, 3.8) is 0 Å². The van der Waals surface area contributed by atoms with E-state index in [1.807, 2.05) is 11.3 Å². The van der Waals surface area contributed by atoms with E-state index in [1.54, 1.807) is 0 Å². The summed E-state index contributed by atoms with van der Waals surface area (Å²) in [6, 6.07) is 82.7. The van der Waals surface area contributed by atoms with Crippen LogP contribution in [0.1, 0.15) is 0 Å². The van der Waals surface area contributed by atoms with Crippen molar-refractivity contribution < 1.29 is 0 Å².